The normalized spacial score (nSPS) is 26.2. The first-order valence-corrected chi connectivity index (χ1v) is 5.09. The first-order chi connectivity index (χ1) is 5.60. The Morgan fingerprint density at radius 3 is 2.83 bits per heavy atom. The highest BCUT2D eigenvalue weighted by Crippen LogP contribution is 2.35. The van der Waals surface area contributed by atoms with Gasteiger partial charge in [0.15, 0.2) is 0 Å². The predicted molar refractivity (Wildman–Crippen MR) is 53.9 cm³/mol. The van der Waals surface area contributed by atoms with Crippen molar-refractivity contribution in [3.63, 3.8) is 0 Å². The predicted octanol–water partition coefficient (Wildman–Crippen LogP) is 3.04. The molecule has 1 rings (SSSR count). The van der Waals surface area contributed by atoms with Crippen LogP contribution >= 0.6 is 15.9 Å². The molecule has 12 heavy (non-hydrogen) atoms. The van der Waals surface area contributed by atoms with Crippen LogP contribution in [-0.4, -0.2) is 5.33 Å². The Bertz CT molecular complexity index is 268. The average Bonchev–Trinajstić information content (AvgIpc) is 2.04. The molecule has 2 heteroatoms. The van der Waals surface area contributed by atoms with Gasteiger partial charge >= 0.3 is 0 Å². The molecule has 0 aromatic heterocycles. The average molecular weight is 226 g/mol. The quantitative estimate of drug-likeness (QED) is 0.630. The molecule has 0 aromatic carbocycles. The lowest BCUT2D eigenvalue weighted by atomic mass is 9.76. The van der Waals surface area contributed by atoms with Gasteiger partial charge in [-0.2, -0.15) is 5.26 Å². The van der Waals surface area contributed by atoms with E-state index in [-0.39, 0.29) is 5.41 Å². The van der Waals surface area contributed by atoms with E-state index in [1.54, 1.807) is 0 Å². The van der Waals surface area contributed by atoms with Crippen molar-refractivity contribution >= 4 is 15.9 Å². The molecule has 64 valence electrons. The van der Waals surface area contributed by atoms with Crippen molar-refractivity contribution in [2.24, 2.45) is 11.3 Å². The molecule has 1 aliphatic carbocycles. The standard InChI is InChI=1S/C10H12BrN/c1-10(2)4-3-8(7-12)5-9(10)6-11/h3-5,9H,6H2,1-2H3. The van der Waals surface area contributed by atoms with E-state index in [1.165, 1.54) is 0 Å². The summed E-state index contributed by atoms with van der Waals surface area (Å²) in [5, 5.41) is 9.60. The zero-order valence-corrected chi connectivity index (χ0v) is 8.93. The summed E-state index contributed by atoms with van der Waals surface area (Å²) < 4.78 is 0. The molecule has 0 spiro atoms. The summed E-state index contributed by atoms with van der Waals surface area (Å²) in [5.41, 5.74) is 0.947. The third-order valence-electron chi connectivity index (χ3n) is 2.32. The minimum Gasteiger partial charge on any atom is -0.192 e. The number of nitriles is 1. The largest absolute Gasteiger partial charge is 0.192 e. The Morgan fingerprint density at radius 2 is 2.33 bits per heavy atom. The summed E-state index contributed by atoms with van der Waals surface area (Å²) in [4.78, 5) is 0. The van der Waals surface area contributed by atoms with Crippen LogP contribution in [0, 0.1) is 22.7 Å². The van der Waals surface area contributed by atoms with Crippen molar-refractivity contribution in [2.75, 3.05) is 5.33 Å². The van der Waals surface area contributed by atoms with Crippen LogP contribution in [0.15, 0.2) is 23.8 Å². The van der Waals surface area contributed by atoms with Gasteiger partial charge in [0, 0.05) is 10.9 Å². The topological polar surface area (TPSA) is 23.8 Å². The molecule has 1 nitrogen and oxygen atoms in total. The number of nitrogens with zero attached hydrogens (tertiary/aromatic N) is 1. The van der Waals surface area contributed by atoms with E-state index in [2.05, 4.69) is 41.9 Å². The third kappa shape index (κ3) is 1.78. The lowest BCUT2D eigenvalue weighted by Gasteiger charge is -2.30. The van der Waals surface area contributed by atoms with Gasteiger partial charge in [-0.1, -0.05) is 41.9 Å². The fourth-order valence-electron chi connectivity index (χ4n) is 1.23. The molecule has 0 N–H and O–H groups in total. The van der Waals surface area contributed by atoms with Crippen molar-refractivity contribution in [1.29, 1.82) is 5.26 Å². The van der Waals surface area contributed by atoms with Gasteiger partial charge in [0.1, 0.15) is 0 Å². The zero-order valence-electron chi connectivity index (χ0n) is 7.34. The Kier molecular flexibility index (Phi) is 2.74. The monoisotopic (exact) mass is 225 g/mol. The fourth-order valence-corrected chi connectivity index (χ4v) is 2.25. The van der Waals surface area contributed by atoms with Gasteiger partial charge in [0.05, 0.1) is 6.07 Å². The highest BCUT2D eigenvalue weighted by molar-refractivity contribution is 9.09. The molecule has 0 saturated carbocycles. The van der Waals surface area contributed by atoms with Crippen LogP contribution in [0.3, 0.4) is 0 Å². The van der Waals surface area contributed by atoms with E-state index in [4.69, 9.17) is 5.26 Å². The summed E-state index contributed by atoms with van der Waals surface area (Å²) in [5.74, 6) is 0.428. The molecule has 1 unspecified atom stereocenters. The first-order valence-electron chi connectivity index (χ1n) is 3.97. The van der Waals surface area contributed by atoms with E-state index < -0.39 is 0 Å². The molecular weight excluding hydrogens is 214 g/mol. The van der Waals surface area contributed by atoms with Gasteiger partial charge in [0.2, 0.25) is 0 Å². The molecule has 0 fully saturated rings. The van der Waals surface area contributed by atoms with Crippen LogP contribution < -0.4 is 0 Å². The smallest absolute Gasteiger partial charge is 0.0988 e. The van der Waals surface area contributed by atoms with Gasteiger partial charge in [-0.3, -0.25) is 0 Å². The Hall–Kier alpha value is -0.550. The summed E-state index contributed by atoms with van der Waals surface area (Å²) in [7, 11) is 0. The van der Waals surface area contributed by atoms with Gasteiger partial charge in [-0.05, 0) is 17.4 Å². The summed E-state index contributed by atoms with van der Waals surface area (Å²) in [6.45, 7) is 4.36. The Balaban J connectivity index is 2.91. The highest BCUT2D eigenvalue weighted by Gasteiger charge is 2.26. The van der Waals surface area contributed by atoms with Crippen LogP contribution in [0.25, 0.3) is 0 Å². The molecule has 0 aromatic rings. The zero-order chi connectivity index (χ0) is 9.19. The third-order valence-corrected chi connectivity index (χ3v) is 3.02. The summed E-state index contributed by atoms with van der Waals surface area (Å²) in [6, 6.07) is 2.16. The van der Waals surface area contributed by atoms with Gasteiger partial charge in [-0.25, -0.2) is 0 Å². The van der Waals surface area contributed by atoms with E-state index in [0.717, 1.165) is 10.9 Å². The Labute approximate surface area is 81.9 Å². The van der Waals surface area contributed by atoms with Crippen molar-refractivity contribution < 1.29 is 0 Å². The number of halogens is 1. The van der Waals surface area contributed by atoms with E-state index in [0.29, 0.717) is 5.92 Å². The van der Waals surface area contributed by atoms with Crippen molar-refractivity contribution in [3.8, 4) is 6.07 Å². The van der Waals surface area contributed by atoms with Gasteiger partial charge < -0.3 is 0 Å². The first kappa shape index (κ1) is 9.54. The second kappa shape index (κ2) is 3.45. The second-order valence-corrected chi connectivity index (χ2v) is 4.30. The Morgan fingerprint density at radius 1 is 1.67 bits per heavy atom. The molecule has 1 aliphatic rings. The minimum absolute atomic E-state index is 0.170. The molecule has 0 amide bonds. The maximum atomic E-state index is 8.69. The maximum Gasteiger partial charge on any atom is 0.0988 e. The molecule has 0 saturated heterocycles. The van der Waals surface area contributed by atoms with Crippen LogP contribution in [-0.2, 0) is 0 Å². The van der Waals surface area contributed by atoms with Crippen LogP contribution in [0.4, 0.5) is 0 Å². The number of hydrogen-bond acceptors (Lipinski definition) is 1. The second-order valence-electron chi connectivity index (χ2n) is 3.65. The van der Waals surface area contributed by atoms with Gasteiger partial charge in [-0.15, -0.1) is 0 Å². The van der Waals surface area contributed by atoms with E-state index >= 15 is 0 Å². The minimum atomic E-state index is 0.170. The van der Waals surface area contributed by atoms with Crippen LogP contribution in [0.2, 0.25) is 0 Å². The number of allylic oxidation sites excluding steroid dienone is 4. The molecule has 0 aliphatic heterocycles. The highest BCUT2D eigenvalue weighted by atomic mass is 79.9. The van der Waals surface area contributed by atoms with E-state index in [1.807, 2.05) is 12.2 Å². The van der Waals surface area contributed by atoms with Crippen molar-refractivity contribution in [1.82, 2.24) is 0 Å². The number of alkyl halides is 1. The summed E-state index contributed by atoms with van der Waals surface area (Å²) in [6.07, 6.45) is 6.05. The molecule has 0 radical (unpaired) electrons. The lowest BCUT2D eigenvalue weighted by molar-refractivity contribution is 0.370. The molecule has 0 heterocycles. The number of hydrogen-bond donors (Lipinski definition) is 0. The van der Waals surface area contributed by atoms with Crippen LogP contribution in [0.1, 0.15) is 13.8 Å². The summed E-state index contributed by atoms with van der Waals surface area (Å²) >= 11 is 3.46. The molecule has 0 bridgehead atoms. The molecule has 1 atom stereocenters. The van der Waals surface area contributed by atoms with Crippen molar-refractivity contribution in [3.05, 3.63) is 23.8 Å². The van der Waals surface area contributed by atoms with Gasteiger partial charge in [0.25, 0.3) is 0 Å². The van der Waals surface area contributed by atoms with Crippen LogP contribution in [0.5, 0.6) is 0 Å². The van der Waals surface area contributed by atoms with Crippen molar-refractivity contribution in [2.45, 2.75) is 13.8 Å². The maximum absolute atomic E-state index is 8.69. The molecular formula is C10H12BrN. The number of rotatable bonds is 1. The SMILES string of the molecule is CC1(C)C=CC(C#N)=CC1CBr. The lowest BCUT2D eigenvalue weighted by Crippen LogP contribution is -2.23. The fraction of sp³-hybridized carbons (Fsp3) is 0.500. The van der Waals surface area contributed by atoms with E-state index in [9.17, 15) is 0 Å².